The summed E-state index contributed by atoms with van der Waals surface area (Å²) >= 11 is 5.94. The maximum absolute atomic E-state index is 7.45. The fraction of sp³-hybridized carbons (Fsp3) is 0.308. The zero-order chi connectivity index (χ0) is 26.2. The molecule has 2 aromatic carbocycles. The Hall–Kier alpha value is -3.37. The molecule has 0 bridgehead atoms. The van der Waals surface area contributed by atoms with E-state index in [9.17, 15) is 0 Å². The Balaban J connectivity index is 0.000000255. The molecular weight excluding hydrogens is 482 g/mol. The third kappa shape index (κ3) is 9.35. The topological polar surface area (TPSA) is 102 Å². The number of benzene rings is 2. The highest BCUT2D eigenvalue weighted by Crippen LogP contribution is 2.11. The number of hydrogen-bond donors (Lipinski definition) is 3. The van der Waals surface area contributed by atoms with Crippen LogP contribution in [0.5, 0.6) is 0 Å². The van der Waals surface area contributed by atoms with Gasteiger partial charge in [-0.3, -0.25) is 10.2 Å². The lowest BCUT2D eigenvalue weighted by Crippen LogP contribution is -2.34. The lowest BCUT2D eigenvalue weighted by molar-refractivity contribution is 0.0235. The molecule has 0 aliphatic rings. The molecule has 0 spiro atoms. The maximum atomic E-state index is 7.45. The molecule has 0 atom stereocenters. The molecule has 3 rings (SSSR count). The molecule has 0 saturated heterocycles. The molecule has 0 amide bonds. The quantitative estimate of drug-likeness (QED) is 0.148. The van der Waals surface area contributed by atoms with Gasteiger partial charge in [0.05, 0.1) is 36.7 Å². The molecule has 9 nitrogen and oxygen atoms in total. The summed E-state index contributed by atoms with van der Waals surface area (Å²) < 4.78 is 12.0. The Morgan fingerprint density at radius 1 is 0.944 bits per heavy atom. The van der Waals surface area contributed by atoms with E-state index < -0.39 is 0 Å². The third-order valence-corrected chi connectivity index (χ3v) is 5.03. The highest BCUT2D eigenvalue weighted by atomic mass is 35.5. The summed E-state index contributed by atoms with van der Waals surface area (Å²) in [7, 11) is 0. The van der Waals surface area contributed by atoms with Gasteiger partial charge in [0.15, 0.2) is 0 Å². The number of halogens is 1. The van der Waals surface area contributed by atoms with Gasteiger partial charge in [0.2, 0.25) is 5.96 Å². The number of nitrogens with one attached hydrogen (secondary N) is 3. The zero-order valence-electron chi connectivity index (χ0n) is 20.8. The first-order valence-corrected chi connectivity index (χ1v) is 11.9. The highest BCUT2D eigenvalue weighted by molar-refractivity contribution is 6.33. The van der Waals surface area contributed by atoms with Gasteiger partial charge in [-0.2, -0.15) is 9.83 Å². The van der Waals surface area contributed by atoms with E-state index in [0.717, 1.165) is 27.0 Å². The Morgan fingerprint density at radius 3 is 2.14 bits per heavy atom. The van der Waals surface area contributed by atoms with E-state index in [-0.39, 0.29) is 5.96 Å². The van der Waals surface area contributed by atoms with Crippen molar-refractivity contribution in [2.24, 2.45) is 5.10 Å². The number of guanidine groups is 1. The van der Waals surface area contributed by atoms with Crippen LogP contribution in [-0.2, 0) is 14.3 Å². The van der Waals surface area contributed by atoms with Crippen molar-refractivity contribution < 1.29 is 19.1 Å². The normalized spacial score (nSPS) is 10.8. The average molecular weight is 516 g/mol. The van der Waals surface area contributed by atoms with E-state index in [1.807, 2.05) is 56.3 Å². The van der Waals surface area contributed by atoms with E-state index in [1.54, 1.807) is 10.8 Å². The van der Waals surface area contributed by atoms with Crippen molar-refractivity contribution in [3.05, 3.63) is 69.8 Å². The minimum absolute atomic E-state index is 0.0696. The second-order valence-electron chi connectivity index (χ2n) is 7.18. The molecule has 0 aliphatic heterocycles. The van der Waals surface area contributed by atoms with Crippen molar-refractivity contribution in [1.29, 1.82) is 5.41 Å². The molecule has 10 heteroatoms. The van der Waals surface area contributed by atoms with Crippen LogP contribution in [0, 0.1) is 5.41 Å². The smallest absolute Gasteiger partial charge is 0.233 e. The van der Waals surface area contributed by atoms with Gasteiger partial charge in [0.1, 0.15) is 6.61 Å². The predicted octanol–water partition coefficient (Wildman–Crippen LogP) is 2.68. The summed E-state index contributed by atoms with van der Waals surface area (Å²) in [6.07, 6.45) is 1.53. The summed E-state index contributed by atoms with van der Waals surface area (Å²) in [6, 6.07) is 15.3. The molecule has 36 heavy (non-hydrogen) atoms. The van der Waals surface area contributed by atoms with Gasteiger partial charge in [-0.15, -0.1) is 0 Å². The summed E-state index contributed by atoms with van der Waals surface area (Å²) in [6.45, 7) is 15.2. The fourth-order valence-electron chi connectivity index (χ4n) is 2.99. The first-order chi connectivity index (χ1) is 17.5. The maximum Gasteiger partial charge on any atom is 0.233 e. The van der Waals surface area contributed by atoms with Gasteiger partial charge in [-0.25, -0.2) is 10.9 Å². The van der Waals surface area contributed by atoms with Crippen molar-refractivity contribution >= 4 is 47.7 Å². The molecule has 0 unspecified atom stereocenters. The van der Waals surface area contributed by atoms with Crippen LogP contribution in [0.4, 0.5) is 0 Å². The molecule has 0 saturated carbocycles. The van der Waals surface area contributed by atoms with Crippen molar-refractivity contribution in [2.75, 3.05) is 39.6 Å². The first kappa shape index (κ1) is 28.9. The minimum Gasteiger partial charge on any atom is -0.411 e. The van der Waals surface area contributed by atoms with Gasteiger partial charge < -0.3 is 14.3 Å². The molecule has 3 aromatic rings. The second kappa shape index (κ2) is 16.3. The van der Waals surface area contributed by atoms with Crippen molar-refractivity contribution in [3.63, 3.8) is 0 Å². The van der Waals surface area contributed by atoms with E-state index in [2.05, 4.69) is 29.2 Å². The fourth-order valence-corrected chi connectivity index (χ4v) is 3.18. The van der Waals surface area contributed by atoms with Crippen LogP contribution in [0.1, 0.15) is 19.4 Å². The number of ether oxygens (including phenoxy) is 2. The van der Waals surface area contributed by atoms with Crippen LogP contribution < -0.4 is 26.4 Å². The number of hydrogen-bond acceptors (Lipinski definition) is 6. The van der Waals surface area contributed by atoms with E-state index in [1.165, 1.54) is 6.21 Å². The van der Waals surface area contributed by atoms with Gasteiger partial charge in [-0.05, 0) is 19.9 Å². The number of hydrazone groups is 1. The Kier molecular flexibility index (Phi) is 13.1. The molecule has 0 aliphatic carbocycles. The average Bonchev–Trinajstić information content (AvgIpc) is 3.13. The lowest BCUT2D eigenvalue weighted by Gasteiger charge is -2.07. The number of rotatable bonds is 12. The molecule has 0 radical (unpaired) electrons. The molecule has 194 valence electrons. The van der Waals surface area contributed by atoms with Crippen LogP contribution >= 0.6 is 11.6 Å². The molecule has 1 aromatic heterocycles. The number of hydroxylamine groups is 1. The standard InChI is InChI=1S/C14H17NO2.C12H17ClN4O2/c1-4-16-9-10-17-15-11(2)13-7-5-6-8-14(13)12(15)3;1-2-18-7-8-19-17-12(14)16-15-9-10-5-3-4-6-11(10)13/h5-8H,2-4,9-10H2,1H3;3-6,9H,2,7-8H2,1H3,(H3,14,16,17). The van der Waals surface area contributed by atoms with E-state index in [0.29, 0.717) is 44.7 Å². The monoisotopic (exact) mass is 515 g/mol. The zero-order valence-corrected chi connectivity index (χ0v) is 21.5. The van der Waals surface area contributed by atoms with Crippen LogP contribution in [0.2, 0.25) is 5.02 Å². The summed E-state index contributed by atoms with van der Waals surface area (Å²) in [5.74, 6) is -0.0696. The minimum atomic E-state index is -0.0696. The largest absolute Gasteiger partial charge is 0.411 e. The van der Waals surface area contributed by atoms with Crippen LogP contribution in [-0.4, -0.2) is 56.5 Å². The Morgan fingerprint density at radius 2 is 1.53 bits per heavy atom. The molecule has 1 heterocycles. The summed E-state index contributed by atoms with van der Waals surface area (Å²) in [4.78, 5) is 10.6. The van der Waals surface area contributed by atoms with Crippen molar-refractivity contribution in [2.45, 2.75) is 13.8 Å². The Bertz CT molecular complexity index is 1170. The number of nitrogens with zero attached hydrogens (tertiary/aromatic N) is 2. The van der Waals surface area contributed by atoms with Gasteiger partial charge in [0, 0.05) is 34.6 Å². The van der Waals surface area contributed by atoms with Gasteiger partial charge >= 0.3 is 0 Å². The molecule has 0 fully saturated rings. The Labute approximate surface area is 216 Å². The van der Waals surface area contributed by atoms with Crippen LogP contribution in [0.25, 0.3) is 23.9 Å². The highest BCUT2D eigenvalue weighted by Gasteiger charge is 2.04. The molecular formula is C26H34ClN5O4. The van der Waals surface area contributed by atoms with Crippen LogP contribution in [0.3, 0.4) is 0 Å². The van der Waals surface area contributed by atoms with E-state index >= 15 is 0 Å². The number of aromatic nitrogens is 1. The molecule has 3 N–H and O–H groups in total. The van der Waals surface area contributed by atoms with Crippen LogP contribution in [0.15, 0.2) is 53.6 Å². The predicted molar refractivity (Wildman–Crippen MR) is 146 cm³/mol. The van der Waals surface area contributed by atoms with Crippen molar-refractivity contribution in [3.8, 4) is 0 Å². The second-order valence-corrected chi connectivity index (χ2v) is 7.58. The summed E-state index contributed by atoms with van der Waals surface area (Å²) in [5.41, 5.74) is 5.62. The lowest BCUT2D eigenvalue weighted by atomic mass is 10.2. The van der Waals surface area contributed by atoms with E-state index in [4.69, 9.17) is 36.2 Å². The van der Waals surface area contributed by atoms with Gasteiger partial charge in [-0.1, -0.05) is 67.2 Å². The van der Waals surface area contributed by atoms with Crippen molar-refractivity contribution in [1.82, 2.24) is 15.6 Å². The number of fused-ring (bicyclic) bond motifs is 1. The van der Waals surface area contributed by atoms with Gasteiger partial charge in [0.25, 0.3) is 0 Å². The third-order valence-electron chi connectivity index (χ3n) is 4.68. The SMILES string of the molecule is C=c1c2ccccc2c(=C)n1OCCOCC.CCOCCONC(=N)NN=Cc1ccccc1Cl. The summed E-state index contributed by atoms with van der Waals surface area (Å²) in [5, 5.41) is 15.7. The first-order valence-electron chi connectivity index (χ1n) is 11.6.